The summed E-state index contributed by atoms with van der Waals surface area (Å²) in [4.78, 5) is 13.9. The van der Waals surface area contributed by atoms with E-state index < -0.39 is 23.4 Å². The van der Waals surface area contributed by atoms with Crippen LogP contribution < -0.4 is 4.74 Å². The van der Waals surface area contributed by atoms with Gasteiger partial charge >= 0.3 is 12.3 Å². The number of carbonyl (C=O) groups is 1. The third-order valence-electron chi connectivity index (χ3n) is 4.22. The molecule has 7 heteroatoms. The van der Waals surface area contributed by atoms with E-state index >= 15 is 0 Å². The molecule has 0 bridgehead atoms. The largest absolute Gasteiger partial charge is 0.491 e. The van der Waals surface area contributed by atoms with Gasteiger partial charge in [0.05, 0.1) is 18.7 Å². The number of alkyl halides is 3. The van der Waals surface area contributed by atoms with E-state index in [2.05, 4.69) is 0 Å². The lowest BCUT2D eigenvalue weighted by Crippen LogP contribution is -2.37. The zero-order valence-corrected chi connectivity index (χ0v) is 16.0. The minimum absolute atomic E-state index is 0.224. The molecule has 0 saturated heterocycles. The number of benzene rings is 2. The molecule has 1 aliphatic heterocycles. The van der Waals surface area contributed by atoms with Crippen molar-refractivity contribution in [3.8, 4) is 16.9 Å². The average Bonchev–Trinajstić information content (AvgIpc) is 2.82. The van der Waals surface area contributed by atoms with Crippen molar-refractivity contribution in [3.05, 3.63) is 53.6 Å². The number of ether oxygens (including phenoxy) is 2. The van der Waals surface area contributed by atoms with Crippen molar-refractivity contribution < 1.29 is 27.4 Å². The monoisotopic (exact) mass is 393 g/mol. The Morgan fingerprint density at radius 3 is 2.50 bits per heavy atom. The number of fused-ring (bicyclic) bond motifs is 1. The summed E-state index contributed by atoms with van der Waals surface area (Å²) in [6.07, 6.45) is -4.87. The van der Waals surface area contributed by atoms with Gasteiger partial charge in [-0.3, -0.25) is 0 Å². The van der Waals surface area contributed by atoms with Crippen LogP contribution in [0.15, 0.2) is 42.5 Å². The smallest absolute Gasteiger partial charge is 0.416 e. The van der Waals surface area contributed by atoms with Crippen LogP contribution >= 0.6 is 0 Å². The van der Waals surface area contributed by atoms with E-state index in [0.717, 1.165) is 17.7 Å². The standard InChI is InChI=1S/C21H22F3NO3/c1-20(2,3)28-19(26)25-10-11-27-18-15(13-25)7-5-9-17(18)14-6-4-8-16(12-14)21(22,23)24/h4-9,12H,10-11,13H2,1-3H3. The van der Waals surface area contributed by atoms with Crippen molar-refractivity contribution in [2.75, 3.05) is 13.2 Å². The summed E-state index contributed by atoms with van der Waals surface area (Å²) in [6.45, 7) is 6.18. The summed E-state index contributed by atoms with van der Waals surface area (Å²) >= 11 is 0. The quantitative estimate of drug-likeness (QED) is 0.642. The maximum Gasteiger partial charge on any atom is 0.416 e. The SMILES string of the molecule is CC(C)(C)OC(=O)N1CCOc2c(cccc2-c2cccc(C(F)(F)F)c2)C1. The number of amides is 1. The fourth-order valence-corrected chi connectivity index (χ4v) is 3.00. The topological polar surface area (TPSA) is 38.8 Å². The molecule has 150 valence electrons. The van der Waals surface area contributed by atoms with Gasteiger partial charge in [-0.2, -0.15) is 13.2 Å². The number of halogens is 3. The first-order valence-electron chi connectivity index (χ1n) is 8.95. The number of carbonyl (C=O) groups excluding carboxylic acids is 1. The molecule has 3 rings (SSSR count). The molecule has 0 radical (unpaired) electrons. The Morgan fingerprint density at radius 1 is 1.11 bits per heavy atom. The second-order valence-electron chi connectivity index (χ2n) is 7.62. The highest BCUT2D eigenvalue weighted by atomic mass is 19.4. The van der Waals surface area contributed by atoms with E-state index in [1.807, 2.05) is 0 Å². The van der Waals surface area contributed by atoms with E-state index in [9.17, 15) is 18.0 Å². The summed E-state index contributed by atoms with van der Waals surface area (Å²) in [5.41, 5.74) is 0.365. The van der Waals surface area contributed by atoms with Gasteiger partial charge in [0.2, 0.25) is 0 Å². The molecule has 0 spiro atoms. The lowest BCUT2D eigenvalue weighted by Gasteiger charge is -2.26. The van der Waals surface area contributed by atoms with Gasteiger partial charge in [-0.05, 0) is 38.5 Å². The highest BCUT2D eigenvalue weighted by molar-refractivity contribution is 5.74. The van der Waals surface area contributed by atoms with Crippen molar-refractivity contribution in [3.63, 3.8) is 0 Å². The van der Waals surface area contributed by atoms with Crippen LogP contribution in [0.5, 0.6) is 5.75 Å². The lowest BCUT2D eigenvalue weighted by molar-refractivity contribution is -0.137. The third-order valence-corrected chi connectivity index (χ3v) is 4.22. The predicted molar refractivity (Wildman–Crippen MR) is 99.0 cm³/mol. The van der Waals surface area contributed by atoms with E-state index in [-0.39, 0.29) is 13.2 Å². The Hall–Kier alpha value is -2.70. The van der Waals surface area contributed by atoms with E-state index in [4.69, 9.17) is 9.47 Å². The molecule has 0 saturated carbocycles. The van der Waals surface area contributed by atoms with Gasteiger partial charge in [-0.15, -0.1) is 0 Å². The van der Waals surface area contributed by atoms with Gasteiger partial charge < -0.3 is 14.4 Å². The molecular weight excluding hydrogens is 371 g/mol. The van der Waals surface area contributed by atoms with Crippen molar-refractivity contribution in [2.45, 2.75) is 39.1 Å². The van der Waals surface area contributed by atoms with Crippen molar-refractivity contribution in [1.29, 1.82) is 0 Å². The maximum absolute atomic E-state index is 13.1. The molecule has 2 aromatic rings. The number of para-hydroxylation sites is 1. The average molecular weight is 393 g/mol. The highest BCUT2D eigenvalue weighted by Crippen LogP contribution is 2.38. The van der Waals surface area contributed by atoms with Crippen molar-refractivity contribution in [1.82, 2.24) is 4.90 Å². The molecule has 4 nitrogen and oxygen atoms in total. The summed E-state index contributed by atoms with van der Waals surface area (Å²) in [6, 6.07) is 10.4. The Balaban J connectivity index is 1.93. The first-order chi connectivity index (χ1) is 13.0. The first-order valence-corrected chi connectivity index (χ1v) is 8.95. The van der Waals surface area contributed by atoms with Crippen molar-refractivity contribution in [2.24, 2.45) is 0 Å². The van der Waals surface area contributed by atoms with Crippen LogP contribution in [0.4, 0.5) is 18.0 Å². The Labute approximate surface area is 161 Å². The van der Waals surface area contributed by atoms with Gasteiger partial charge in [-0.25, -0.2) is 4.79 Å². The van der Waals surface area contributed by atoms with Gasteiger partial charge in [0.1, 0.15) is 18.0 Å². The molecule has 0 aliphatic carbocycles. The van der Waals surface area contributed by atoms with Crippen LogP contribution in [0, 0.1) is 0 Å². The van der Waals surface area contributed by atoms with Crippen LogP contribution in [-0.4, -0.2) is 29.7 Å². The fourth-order valence-electron chi connectivity index (χ4n) is 3.00. The van der Waals surface area contributed by atoms with Gasteiger partial charge in [0.15, 0.2) is 0 Å². The zero-order valence-electron chi connectivity index (χ0n) is 16.0. The van der Waals surface area contributed by atoms with Gasteiger partial charge in [0.25, 0.3) is 0 Å². The van der Waals surface area contributed by atoms with Crippen LogP contribution in [0.25, 0.3) is 11.1 Å². The molecular formula is C21H22F3NO3. The Bertz CT molecular complexity index is 872. The molecule has 1 heterocycles. The summed E-state index contributed by atoms with van der Waals surface area (Å²) in [7, 11) is 0. The van der Waals surface area contributed by atoms with Crippen LogP contribution in [0.2, 0.25) is 0 Å². The van der Waals surface area contributed by atoms with Crippen LogP contribution in [0.1, 0.15) is 31.9 Å². The number of hydrogen-bond donors (Lipinski definition) is 0. The highest BCUT2D eigenvalue weighted by Gasteiger charge is 2.31. The van der Waals surface area contributed by atoms with E-state index in [0.29, 0.717) is 23.4 Å². The van der Waals surface area contributed by atoms with E-state index in [1.54, 1.807) is 45.0 Å². The third kappa shape index (κ3) is 4.58. The minimum Gasteiger partial charge on any atom is -0.491 e. The normalized spacial score (nSPS) is 14.7. The molecule has 1 aliphatic rings. The molecule has 2 aromatic carbocycles. The lowest BCUT2D eigenvalue weighted by atomic mass is 9.99. The van der Waals surface area contributed by atoms with Crippen LogP contribution in [0.3, 0.4) is 0 Å². The van der Waals surface area contributed by atoms with Gasteiger partial charge in [0, 0.05) is 11.1 Å². The van der Waals surface area contributed by atoms with E-state index in [1.165, 1.54) is 11.0 Å². The predicted octanol–water partition coefficient (Wildman–Crippen LogP) is 5.50. The molecule has 0 unspecified atom stereocenters. The second-order valence-corrected chi connectivity index (χ2v) is 7.62. The molecule has 0 aromatic heterocycles. The number of hydrogen-bond acceptors (Lipinski definition) is 3. The van der Waals surface area contributed by atoms with Gasteiger partial charge in [-0.1, -0.05) is 30.3 Å². The van der Waals surface area contributed by atoms with Crippen LogP contribution in [-0.2, 0) is 17.5 Å². The summed E-state index contributed by atoms with van der Waals surface area (Å²) in [5, 5.41) is 0. The summed E-state index contributed by atoms with van der Waals surface area (Å²) in [5.74, 6) is 0.493. The molecule has 0 fully saturated rings. The fraction of sp³-hybridized carbons (Fsp3) is 0.381. The Morgan fingerprint density at radius 2 is 1.82 bits per heavy atom. The molecule has 28 heavy (non-hydrogen) atoms. The zero-order chi connectivity index (χ0) is 20.5. The second kappa shape index (κ2) is 7.37. The number of rotatable bonds is 1. The summed E-state index contributed by atoms with van der Waals surface area (Å²) < 4.78 is 50.5. The molecule has 0 N–H and O–H groups in total. The maximum atomic E-state index is 13.1. The minimum atomic E-state index is -4.42. The number of nitrogens with zero attached hydrogens (tertiary/aromatic N) is 1. The first kappa shape index (κ1) is 20.0. The molecule has 1 amide bonds. The molecule has 0 atom stereocenters. The Kier molecular flexibility index (Phi) is 5.28. The van der Waals surface area contributed by atoms with Crippen molar-refractivity contribution >= 4 is 6.09 Å².